The van der Waals surface area contributed by atoms with Crippen molar-refractivity contribution in [1.82, 2.24) is 9.88 Å². The summed E-state index contributed by atoms with van der Waals surface area (Å²) in [6.45, 7) is 2.83. The minimum atomic E-state index is -0.579. The molecule has 1 aliphatic heterocycles. The third-order valence-electron chi connectivity index (χ3n) is 2.88. The monoisotopic (exact) mass is 242 g/mol. The number of likely N-dealkylation sites (N-methyl/N-ethyl adjacent to an activating group) is 1. The zero-order chi connectivity index (χ0) is 11.4. The molecule has 0 aromatic carbocycles. The van der Waals surface area contributed by atoms with Gasteiger partial charge in [0.1, 0.15) is 5.01 Å². The SMILES string of the molecule is CN(Cc1nccs1)CC1(O)CCOCC1. The van der Waals surface area contributed by atoms with Gasteiger partial charge in [-0.15, -0.1) is 11.3 Å². The van der Waals surface area contributed by atoms with E-state index in [0.717, 1.165) is 24.4 Å². The highest BCUT2D eigenvalue weighted by atomic mass is 32.1. The highest BCUT2D eigenvalue weighted by Gasteiger charge is 2.30. The Morgan fingerprint density at radius 1 is 1.56 bits per heavy atom. The first kappa shape index (κ1) is 12.0. The van der Waals surface area contributed by atoms with E-state index in [2.05, 4.69) is 9.88 Å². The third kappa shape index (κ3) is 3.25. The summed E-state index contributed by atoms with van der Waals surface area (Å²) in [7, 11) is 2.02. The summed E-state index contributed by atoms with van der Waals surface area (Å²) in [5.41, 5.74) is -0.579. The highest BCUT2D eigenvalue weighted by Crippen LogP contribution is 2.22. The molecule has 16 heavy (non-hydrogen) atoms. The smallest absolute Gasteiger partial charge is 0.107 e. The lowest BCUT2D eigenvalue weighted by Crippen LogP contribution is -2.45. The number of nitrogens with zero attached hydrogens (tertiary/aromatic N) is 2. The molecule has 0 radical (unpaired) electrons. The van der Waals surface area contributed by atoms with Gasteiger partial charge in [0, 0.05) is 44.2 Å². The average Bonchev–Trinajstić information content (AvgIpc) is 2.70. The third-order valence-corrected chi connectivity index (χ3v) is 3.64. The fourth-order valence-electron chi connectivity index (χ4n) is 2.03. The van der Waals surface area contributed by atoms with Crippen molar-refractivity contribution < 1.29 is 9.84 Å². The maximum Gasteiger partial charge on any atom is 0.107 e. The summed E-state index contributed by atoms with van der Waals surface area (Å²) in [6, 6.07) is 0. The van der Waals surface area contributed by atoms with Gasteiger partial charge in [-0.3, -0.25) is 4.90 Å². The minimum absolute atomic E-state index is 0.579. The van der Waals surface area contributed by atoms with E-state index in [1.807, 2.05) is 18.6 Å². The average molecular weight is 242 g/mol. The van der Waals surface area contributed by atoms with Crippen LogP contribution in [0.25, 0.3) is 0 Å². The van der Waals surface area contributed by atoms with Gasteiger partial charge in [-0.25, -0.2) is 4.98 Å². The quantitative estimate of drug-likeness (QED) is 0.859. The Hall–Kier alpha value is -0.490. The Labute approximate surface area is 99.9 Å². The van der Waals surface area contributed by atoms with Crippen LogP contribution in [-0.4, -0.2) is 47.4 Å². The molecule has 1 N–H and O–H groups in total. The molecule has 2 heterocycles. The molecule has 4 nitrogen and oxygen atoms in total. The van der Waals surface area contributed by atoms with Crippen LogP contribution in [0.15, 0.2) is 11.6 Å². The van der Waals surface area contributed by atoms with Gasteiger partial charge in [0.25, 0.3) is 0 Å². The van der Waals surface area contributed by atoms with E-state index in [1.165, 1.54) is 0 Å². The van der Waals surface area contributed by atoms with Gasteiger partial charge in [-0.2, -0.15) is 0 Å². The number of aliphatic hydroxyl groups is 1. The van der Waals surface area contributed by atoms with Crippen molar-refractivity contribution in [3.63, 3.8) is 0 Å². The van der Waals surface area contributed by atoms with Crippen molar-refractivity contribution in [3.05, 3.63) is 16.6 Å². The highest BCUT2D eigenvalue weighted by molar-refractivity contribution is 7.09. The van der Waals surface area contributed by atoms with Crippen LogP contribution in [0.3, 0.4) is 0 Å². The molecular weight excluding hydrogens is 224 g/mol. The van der Waals surface area contributed by atoms with Crippen molar-refractivity contribution in [3.8, 4) is 0 Å². The van der Waals surface area contributed by atoms with Crippen molar-refractivity contribution >= 4 is 11.3 Å². The van der Waals surface area contributed by atoms with E-state index in [1.54, 1.807) is 11.3 Å². The van der Waals surface area contributed by atoms with Crippen molar-refractivity contribution in [2.75, 3.05) is 26.8 Å². The molecule has 2 rings (SSSR count). The summed E-state index contributed by atoms with van der Waals surface area (Å²) in [4.78, 5) is 6.37. The lowest BCUT2D eigenvalue weighted by Gasteiger charge is -2.35. The summed E-state index contributed by atoms with van der Waals surface area (Å²) in [5, 5.41) is 13.4. The Kier molecular flexibility index (Phi) is 3.91. The molecule has 0 amide bonds. The first-order valence-electron chi connectivity index (χ1n) is 5.55. The lowest BCUT2D eigenvalue weighted by atomic mass is 9.94. The molecule has 1 saturated heterocycles. The van der Waals surface area contributed by atoms with Crippen LogP contribution in [0, 0.1) is 0 Å². The van der Waals surface area contributed by atoms with Crippen LogP contribution >= 0.6 is 11.3 Å². The number of aromatic nitrogens is 1. The number of hydrogen-bond donors (Lipinski definition) is 1. The van der Waals surface area contributed by atoms with E-state index in [0.29, 0.717) is 19.8 Å². The molecule has 5 heteroatoms. The van der Waals surface area contributed by atoms with Gasteiger partial charge in [-0.05, 0) is 7.05 Å². The molecule has 1 aromatic heterocycles. The largest absolute Gasteiger partial charge is 0.388 e. The molecule has 1 fully saturated rings. The van der Waals surface area contributed by atoms with E-state index < -0.39 is 5.60 Å². The van der Waals surface area contributed by atoms with Crippen LogP contribution in [0.4, 0.5) is 0 Å². The van der Waals surface area contributed by atoms with Crippen LogP contribution in [0.1, 0.15) is 17.8 Å². The Balaban J connectivity index is 1.84. The van der Waals surface area contributed by atoms with Gasteiger partial charge in [-0.1, -0.05) is 0 Å². The summed E-state index contributed by atoms with van der Waals surface area (Å²) in [5.74, 6) is 0. The normalized spacial score (nSPS) is 20.2. The Morgan fingerprint density at radius 3 is 2.94 bits per heavy atom. The molecule has 0 unspecified atom stereocenters. The van der Waals surface area contributed by atoms with Gasteiger partial charge in [0.05, 0.1) is 12.1 Å². The van der Waals surface area contributed by atoms with Crippen LogP contribution in [0.2, 0.25) is 0 Å². The topological polar surface area (TPSA) is 45.6 Å². The van der Waals surface area contributed by atoms with Crippen molar-refractivity contribution in [1.29, 1.82) is 0 Å². The first-order valence-corrected chi connectivity index (χ1v) is 6.43. The maximum atomic E-state index is 10.3. The molecule has 0 aliphatic carbocycles. The summed E-state index contributed by atoms with van der Waals surface area (Å²) >= 11 is 1.65. The Morgan fingerprint density at radius 2 is 2.31 bits per heavy atom. The van der Waals surface area contributed by atoms with Crippen LogP contribution in [0.5, 0.6) is 0 Å². The van der Waals surface area contributed by atoms with Gasteiger partial charge in [0.15, 0.2) is 0 Å². The van der Waals surface area contributed by atoms with Gasteiger partial charge < -0.3 is 9.84 Å². The number of thiazole rings is 1. The molecule has 1 aromatic rings. The second kappa shape index (κ2) is 5.23. The van der Waals surface area contributed by atoms with E-state index in [4.69, 9.17) is 4.74 Å². The molecule has 0 bridgehead atoms. The molecule has 1 aliphatic rings. The molecule has 0 spiro atoms. The molecule has 90 valence electrons. The first-order chi connectivity index (χ1) is 7.68. The van der Waals surface area contributed by atoms with Gasteiger partial charge in [0.2, 0.25) is 0 Å². The zero-order valence-corrected chi connectivity index (χ0v) is 10.4. The van der Waals surface area contributed by atoms with Crippen LogP contribution in [-0.2, 0) is 11.3 Å². The lowest BCUT2D eigenvalue weighted by molar-refractivity contribution is -0.0777. The van der Waals surface area contributed by atoms with E-state index in [-0.39, 0.29) is 0 Å². The zero-order valence-electron chi connectivity index (χ0n) is 9.56. The fraction of sp³-hybridized carbons (Fsp3) is 0.727. The fourth-order valence-corrected chi connectivity index (χ4v) is 2.73. The van der Waals surface area contributed by atoms with E-state index >= 15 is 0 Å². The summed E-state index contributed by atoms with van der Waals surface area (Å²) in [6.07, 6.45) is 3.28. The number of hydrogen-bond acceptors (Lipinski definition) is 5. The maximum absolute atomic E-state index is 10.3. The molecular formula is C11H18N2O2S. The predicted octanol–water partition coefficient (Wildman–Crippen LogP) is 1.12. The van der Waals surface area contributed by atoms with Crippen LogP contribution < -0.4 is 0 Å². The van der Waals surface area contributed by atoms with Crippen molar-refractivity contribution in [2.24, 2.45) is 0 Å². The van der Waals surface area contributed by atoms with Gasteiger partial charge >= 0.3 is 0 Å². The predicted molar refractivity (Wildman–Crippen MR) is 63.5 cm³/mol. The van der Waals surface area contributed by atoms with E-state index in [9.17, 15) is 5.11 Å². The minimum Gasteiger partial charge on any atom is -0.388 e. The van der Waals surface area contributed by atoms with Crippen molar-refractivity contribution in [2.45, 2.75) is 25.0 Å². The second-order valence-electron chi connectivity index (χ2n) is 4.43. The second-order valence-corrected chi connectivity index (χ2v) is 5.41. The summed E-state index contributed by atoms with van der Waals surface area (Å²) < 4.78 is 5.26. The number of rotatable bonds is 4. The Bertz CT molecular complexity index is 310. The molecule has 0 atom stereocenters. The molecule has 0 saturated carbocycles. The number of ether oxygens (including phenoxy) is 1. The standard InChI is InChI=1S/C11H18N2O2S/c1-13(8-10-12-4-7-16-10)9-11(14)2-5-15-6-3-11/h4,7,14H,2-3,5-6,8-9H2,1H3.